The molecule has 0 aliphatic carbocycles. The molecule has 0 amide bonds. The Bertz CT molecular complexity index is 368. The van der Waals surface area contributed by atoms with E-state index < -0.39 is 4.92 Å². The summed E-state index contributed by atoms with van der Waals surface area (Å²) >= 11 is 0. The van der Waals surface area contributed by atoms with Crippen LogP contribution in [-0.4, -0.2) is 41.5 Å². The average molecular weight is 224 g/mol. The van der Waals surface area contributed by atoms with Crippen molar-refractivity contribution < 1.29 is 4.92 Å². The Hall–Kier alpha value is -1.69. The number of hydrogen-bond donors (Lipinski definition) is 1. The summed E-state index contributed by atoms with van der Waals surface area (Å²) in [7, 11) is 3.91. The van der Waals surface area contributed by atoms with E-state index in [0.29, 0.717) is 5.69 Å². The predicted octanol–water partition coefficient (Wildman–Crippen LogP) is 1.35. The topological polar surface area (TPSA) is 71.3 Å². The van der Waals surface area contributed by atoms with Crippen LogP contribution in [0.25, 0.3) is 0 Å². The summed E-state index contributed by atoms with van der Waals surface area (Å²) in [5.41, 5.74) is 0.516. The molecule has 6 heteroatoms. The van der Waals surface area contributed by atoms with E-state index in [-0.39, 0.29) is 11.7 Å². The van der Waals surface area contributed by atoms with E-state index in [1.54, 1.807) is 6.07 Å². The van der Waals surface area contributed by atoms with Crippen LogP contribution in [0.1, 0.15) is 6.92 Å². The van der Waals surface area contributed by atoms with Gasteiger partial charge in [-0.2, -0.15) is 0 Å². The lowest BCUT2D eigenvalue weighted by atomic mass is 10.2. The molecule has 1 N–H and O–H groups in total. The third kappa shape index (κ3) is 3.47. The highest BCUT2D eigenvalue weighted by molar-refractivity contribution is 5.59. The van der Waals surface area contributed by atoms with Gasteiger partial charge in [0.15, 0.2) is 0 Å². The van der Waals surface area contributed by atoms with Gasteiger partial charge < -0.3 is 10.2 Å². The number of nitrogens with zero attached hydrogens (tertiary/aromatic N) is 3. The standard InChI is InChI=1S/C10H16N4O2/c1-8(7-13(2)3)12-9-4-5-11-6-10(9)14(15)16/h4-6,8H,7H2,1-3H3,(H,11,12). The summed E-state index contributed by atoms with van der Waals surface area (Å²) in [5, 5.41) is 13.8. The fraction of sp³-hybridized carbons (Fsp3) is 0.500. The molecule has 0 aliphatic rings. The molecular weight excluding hydrogens is 208 g/mol. The summed E-state index contributed by atoms with van der Waals surface area (Å²) in [6.07, 6.45) is 2.79. The smallest absolute Gasteiger partial charge is 0.310 e. The number of hydrogen-bond acceptors (Lipinski definition) is 5. The molecule has 1 aromatic rings. The highest BCUT2D eigenvalue weighted by Gasteiger charge is 2.14. The van der Waals surface area contributed by atoms with Crippen LogP contribution in [0, 0.1) is 10.1 Å². The second-order valence-corrected chi connectivity index (χ2v) is 3.96. The molecular formula is C10H16N4O2. The predicted molar refractivity (Wildman–Crippen MR) is 62.5 cm³/mol. The first-order valence-electron chi connectivity index (χ1n) is 5.00. The van der Waals surface area contributed by atoms with Gasteiger partial charge in [-0.1, -0.05) is 0 Å². The molecule has 1 heterocycles. The molecule has 88 valence electrons. The first-order valence-corrected chi connectivity index (χ1v) is 5.00. The fourth-order valence-electron chi connectivity index (χ4n) is 1.51. The number of pyridine rings is 1. The minimum Gasteiger partial charge on any atom is -0.376 e. The SMILES string of the molecule is CC(CN(C)C)Nc1ccncc1[N+](=O)[O-]. The van der Waals surface area contributed by atoms with Crippen molar-refractivity contribution in [3.8, 4) is 0 Å². The van der Waals surface area contributed by atoms with Gasteiger partial charge in [-0.25, -0.2) is 0 Å². The lowest BCUT2D eigenvalue weighted by Gasteiger charge is -2.19. The Morgan fingerprint density at radius 1 is 1.62 bits per heavy atom. The van der Waals surface area contributed by atoms with Crippen LogP contribution in [-0.2, 0) is 0 Å². The van der Waals surface area contributed by atoms with Crippen molar-refractivity contribution in [2.24, 2.45) is 0 Å². The molecule has 1 unspecified atom stereocenters. The second-order valence-electron chi connectivity index (χ2n) is 3.96. The van der Waals surface area contributed by atoms with Crippen molar-refractivity contribution in [2.45, 2.75) is 13.0 Å². The van der Waals surface area contributed by atoms with E-state index in [9.17, 15) is 10.1 Å². The summed E-state index contributed by atoms with van der Waals surface area (Å²) in [6, 6.07) is 1.75. The molecule has 0 saturated carbocycles. The van der Waals surface area contributed by atoms with Crippen molar-refractivity contribution in [1.29, 1.82) is 0 Å². The van der Waals surface area contributed by atoms with E-state index in [0.717, 1.165) is 6.54 Å². The van der Waals surface area contributed by atoms with Gasteiger partial charge >= 0.3 is 5.69 Å². The maximum Gasteiger partial charge on any atom is 0.310 e. The lowest BCUT2D eigenvalue weighted by molar-refractivity contribution is -0.384. The van der Waals surface area contributed by atoms with Gasteiger partial charge in [-0.15, -0.1) is 0 Å². The Balaban J connectivity index is 2.76. The van der Waals surface area contributed by atoms with E-state index in [1.165, 1.54) is 12.4 Å². The van der Waals surface area contributed by atoms with Gasteiger partial charge in [-0.3, -0.25) is 15.1 Å². The highest BCUT2D eigenvalue weighted by atomic mass is 16.6. The molecule has 0 bridgehead atoms. The Kier molecular flexibility index (Phi) is 4.19. The van der Waals surface area contributed by atoms with Gasteiger partial charge in [0.2, 0.25) is 0 Å². The molecule has 0 spiro atoms. The van der Waals surface area contributed by atoms with Crippen molar-refractivity contribution >= 4 is 11.4 Å². The molecule has 0 aromatic carbocycles. The fourth-order valence-corrected chi connectivity index (χ4v) is 1.51. The highest BCUT2D eigenvalue weighted by Crippen LogP contribution is 2.22. The number of anilines is 1. The number of likely N-dealkylation sites (N-methyl/N-ethyl adjacent to an activating group) is 1. The Labute approximate surface area is 94.4 Å². The summed E-state index contributed by atoms with van der Waals surface area (Å²) in [5.74, 6) is 0. The van der Waals surface area contributed by atoms with Gasteiger partial charge in [0.05, 0.1) is 4.92 Å². The van der Waals surface area contributed by atoms with Crippen LogP contribution in [0.5, 0.6) is 0 Å². The number of rotatable bonds is 5. The maximum absolute atomic E-state index is 10.7. The molecule has 1 aromatic heterocycles. The number of aromatic nitrogens is 1. The first kappa shape index (κ1) is 12.4. The zero-order valence-corrected chi connectivity index (χ0v) is 9.67. The normalized spacial score (nSPS) is 12.5. The summed E-state index contributed by atoms with van der Waals surface area (Å²) < 4.78 is 0. The van der Waals surface area contributed by atoms with Crippen LogP contribution >= 0.6 is 0 Å². The van der Waals surface area contributed by atoms with Gasteiger partial charge in [-0.05, 0) is 27.1 Å². The van der Waals surface area contributed by atoms with Crippen LogP contribution < -0.4 is 5.32 Å². The second kappa shape index (κ2) is 5.41. The lowest BCUT2D eigenvalue weighted by Crippen LogP contribution is -2.29. The van der Waals surface area contributed by atoms with Crippen LogP contribution in [0.3, 0.4) is 0 Å². The average Bonchev–Trinajstić information content (AvgIpc) is 2.16. The molecule has 16 heavy (non-hydrogen) atoms. The number of nitro groups is 1. The molecule has 6 nitrogen and oxygen atoms in total. The van der Waals surface area contributed by atoms with E-state index in [4.69, 9.17) is 0 Å². The van der Waals surface area contributed by atoms with E-state index in [2.05, 4.69) is 10.3 Å². The van der Waals surface area contributed by atoms with Gasteiger partial charge in [0.25, 0.3) is 0 Å². The van der Waals surface area contributed by atoms with Gasteiger partial charge in [0.1, 0.15) is 11.9 Å². The third-order valence-electron chi connectivity index (χ3n) is 2.04. The molecule has 0 fully saturated rings. The largest absolute Gasteiger partial charge is 0.376 e. The monoisotopic (exact) mass is 224 g/mol. The quantitative estimate of drug-likeness (QED) is 0.604. The maximum atomic E-state index is 10.7. The summed E-state index contributed by atoms with van der Waals surface area (Å²) in [4.78, 5) is 16.1. The zero-order valence-electron chi connectivity index (χ0n) is 9.67. The minimum absolute atomic E-state index is 0.00751. The molecule has 0 radical (unpaired) electrons. The molecule has 0 aliphatic heterocycles. The van der Waals surface area contributed by atoms with Crippen molar-refractivity contribution in [2.75, 3.05) is 26.0 Å². The van der Waals surface area contributed by atoms with Crippen LogP contribution in [0.2, 0.25) is 0 Å². The number of nitrogens with one attached hydrogen (secondary N) is 1. The van der Waals surface area contributed by atoms with Crippen molar-refractivity contribution in [3.05, 3.63) is 28.6 Å². The summed E-state index contributed by atoms with van der Waals surface area (Å²) in [6.45, 7) is 2.78. The first-order chi connectivity index (χ1) is 7.50. The van der Waals surface area contributed by atoms with Crippen molar-refractivity contribution in [3.63, 3.8) is 0 Å². The van der Waals surface area contributed by atoms with E-state index in [1.807, 2.05) is 25.9 Å². The third-order valence-corrected chi connectivity index (χ3v) is 2.04. The molecule has 0 saturated heterocycles. The van der Waals surface area contributed by atoms with Gasteiger partial charge in [0, 0.05) is 18.8 Å². The van der Waals surface area contributed by atoms with Crippen molar-refractivity contribution in [1.82, 2.24) is 9.88 Å². The zero-order chi connectivity index (χ0) is 12.1. The van der Waals surface area contributed by atoms with E-state index >= 15 is 0 Å². The molecule has 1 atom stereocenters. The minimum atomic E-state index is -0.433. The Morgan fingerprint density at radius 3 is 2.88 bits per heavy atom. The van der Waals surface area contributed by atoms with Crippen LogP contribution in [0.4, 0.5) is 11.4 Å². The molecule has 1 rings (SSSR count). The Morgan fingerprint density at radius 2 is 2.31 bits per heavy atom. The van der Waals surface area contributed by atoms with Crippen LogP contribution in [0.15, 0.2) is 18.5 Å².